The first-order valence-electron chi connectivity index (χ1n) is 6.71. The van der Waals surface area contributed by atoms with E-state index < -0.39 is 0 Å². The van der Waals surface area contributed by atoms with E-state index in [2.05, 4.69) is 31.0 Å². The van der Waals surface area contributed by atoms with E-state index in [1.54, 1.807) is 0 Å². The largest absolute Gasteiger partial charge is 0.380 e. The summed E-state index contributed by atoms with van der Waals surface area (Å²) in [5.41, 5.74) is 0. The van der Waals surface area contributed by atoms with Gasteiger partial charge >= 0.3 is 0 Å². The van der Waals surface area contributed by atoms with Crippen molar-refractivity contribution in [1.82, 2.24) is 10.2 Å². The fourth-order valence-corrected chi connectivity index (χ4v) is 2.33. The molecule has 1 atom stereocenters. The Hall–Kier alpha value is -0.120. The second kappa shape index (κ2) is 7.25. The van der Waals surface area contributed by atoms with E-state index in [0.717, 1.165) is 13.2 Å². The third kappa shape index (κ3) is 4.81. The predicted octanol–water partition coefficient (Wildman–Crippen LogP) is 1.87. The zero-order chi connectivity index (χ0) is 12.0. The Morgan fingerprint density at radius 1 is 1.25 bits per heavy atom. The maximum Gasteiger partial charge on any atom is 0.0616 e. The summed E-state index contributed by atoms with van der Waals surface area (Å²) >= 11 is 0. The van der Waals surface area contributed by atoms with E-state index in [0.29, 0.717) is 18.1 Å². The highest BCUT2D eigenvalue weighted by atomic mass is 16.5. The van der Waals surface area contributed by atoms with E-state index in [9.17, 15) is 0 Å². The van der Waals surface area contributed by atoms with Gasteiger partial charge in [-0.1, -0.05) is 0 Å². The zero-order valence-electron chi connectivity index (χ0n) is 11.3. The van der Waals surface area contributed by atoms with Gasteiger partial charge in [0.15, 0.2) is 0 Å². The number of ether oxygens (including phenoxy) is 1. The summed E-state index contributed by atoms with van der Waals surface area (Å²) in [6, 6.07) is 1.86. The van der Waals surface area contributed by atoms with Crippen molar-refractivity contribution >= 4 is 0 Å². The molecule has 16 heavy (non-hydrogen) atoms. The van der Waals surface area contributed by atoms with Crippen LogP contribution in [0.5, 0.6) is 0 Å². The fourth-order valence-electron chi connectivity index (χ4n) is 2.33. The molecule has 0 aromatic heterocycles. The molecule has 0 saturated carbocycles. The van der Waals surface area contributed by atoms with E-state index in [1.165, 1.54) is 25.9 Å². The van der Waals surface area contributed by atoms with Gasteiger partial charge in [0.05, 0.1) is 6.61 Å². The van der Waals surface area contributed by atoms with Crippen LogP contribution >= 0.6 is 0 Å². The molecule has 1 saturated heterocycles. The molecule has 96 valence electrons. The van der Waals surface area contributed by atoms with Gasteiger partial charge in [0, 0.05) is 24.7 Å². The Kier molecular flexibility index (Phi) is 6.32. The number of rotatable bonds is 6. The van der Waals surface area contributed by atoms with Crippen molar-refractivity contribution in [2.45, 2.75) is 58.7 Å². The average molecular weight is 228 g/mol. The molecule has 1 unspecified atom stereocenters. The first-order chi connectivity index (χ1) is 7.63. The van der Waals surface area contributed by atoms with Crippen LogP contribution in [0.3, 0.4) is 0 Å². The topological polar surface area (TPSA) is 24.5 Å². The maximum absolute atomic E-state index is 5.42. The van der Waals surface area contributed by atoms with Crippen LogP contribution < -0.4 is 5.32 Å². The van der Waals surface area contributed by atoms with Crippen LogP contribution in [0.4, 0.5) is 0 Å². The Balaban J connectivity index is 2.16. The minimum Gasteiger partial charge on any atom is -0.380 e. The lowest BCUT2D eigenvalue weighted by Gasteiger charge is -2.36. The molecule has 0 spiro atoms. The molecule has 1 rings (SSSR count). The lowest BCUT2D eigenvalue weighted by molar-refractivity contribution is 0.110. The van der Waals surface area contributed by atoms with Crippen molar-refractivity contribution in [3.05, 3.63) is 0 Å². The lowest BCUT2D eigenvalue weighted by Crippen LogP contribution is -2.48. The predicted molar refractivity (Wildman–Crippen MR) is 68.8 cm³/mol. The van der Waals surface area contributed by atoms with E-state index in [1.807, 2.05) is 6.92 Å². The second-order valence-corrected chi connectivity index (χ2v) is 5.13. The molecule has 0 aromatic rings. The van der Waals surface area contributed by atoms with Crippen LogP contribution in [0, 0.1) is 0 Å². The Labute approximate surface area is 101 Å². The minimum atomic E-state index is 0.482. The number of hydrogen-bond donors (Lipinski definition) is 1. The summed E-state index contributed by atoms with van der Waals surface area (Å²) in [6.45, 7) is 12.9. The number of nitrogens with zero attached hydrogens (tertiary/aromatic N) is 1. The van der Waals surface area contributed by atoms with Gasteiger partial charge in [0.1, 0.15) is 0 Å². The minimum absolute atomic E-state index is 0.482. The summed E-state index contributed by atoms with van der Waals surface area (Å²) in [4.78, 5) is 2.56. The highest BCUT2D eigenvalue weighted by Gasteiger charge is 2.21. The first-order valence-corrected chi connectivity index (χ1v) is 6.71. The van der Waals surface area contributed by atoms with Crippen LogP contribution in [-0.4, -0.2) is 49.3 Å². The monoisotopic (exact) mass is 228 g/mol. The Bertz CT molecular complexity index is 177. The molecule has 1 heterocycles. The van der Waals surface area contributed by atoms with E-state index >= 15 is 0 Å². The first kappa shape index (κ1) is 13.9. The maximum atomic E-state index is 5.42. The van der Waals surface area contributed by atoms with Crippen LogP contribution in [-0.2, 0) is 4.74 Å². The molecule has 0 aliphatic carbocycles. The molecule has 0 aromatic carbocycles. The molecular weight excluding hydrogens is 200 g/mol. The fraction of sp³-hybridized carbons (Fsp3) is 1.00. The highest BCUT2D eigenvalue weighted by Crippen LogP contribution is 2.13. The molecule has 1 fully saturated rings. The Morgan fingerprint density at radius 2 is 1.88 bits per heavy atom. The van der Waals surface area contributed by atoms with E-state index in [-0.39, 0.29) is 0 Å². The van der Waals surface area contributed by atoms with Gasteiger partial charge in [-0.2, -0.15) is 0 Å². The smallest absolute Gasteiger partial charge is 0.0616 e. The second-order valence-electron chi connectivity index (χ2n) is 5.13. The van der Waals surface area contributed by atoms with Gasteiger partial charge in [-0.15, -0.1) is 0 Å². The van der Waals surface area contributed by atoms with Gasteiger partial charge in [-0.25, -0.2) is 0 Å². The number of nitrogens with one attached hydrogen (secondary N) is 1. The standard InChI is InChI=1S/C13H28N2O/c1-5-16-10-12(4)14-13-6-8-15(9-7-13)11(2)3/h11-14H,5-10H2,1-4H3. The third-order valence-electron chi connectivity index (χ3n) is 3.35. The molecular formula is C13H28N2O. The van der Waals surface area contributed by atoms with Gasteiger partial charge in [0.2, 0.25) is 0 Å². The quantitative estimate of drug-likeness (QED) is 0.751. The third-order valence-corrected chi connectivity index (χ3v) is 3.35. The molecule has 0 amide bonds. The van der Waals surface area contributed by atoms with Crippen molar-refractivity contribution in [1.29, 1.82) is 0 Å². The summed E-state index contributed by atoms with van der Waals surface area (Å²) in [6.07, 6.45) is 2.54. The van der Waals surface area contributed by atoms with Gasteiger partial charge in [-0.3, -0.25) is 0 Å². The molecule has 1 N–H and O–H groups in total. The molecule has 0 radical (unpaired) electrons. The zero-order valence-corrected chi connectivity index (χ0v) is 11.3. The summed E-state index contributed by atoms with van der Waals surface area (Å²) in [5.74, 6) is 0. The van der Waals surface area contributed by atoms with Gasteiger partial charge < -0.3 is 15.0 Å². The molecule has 1 aliphatic rings. The van der Waals surface area contributed by atoms with Crippen molar-refractivity contribution in [2.24, 2.45) is 0 Å². The van der Waals surface area contributed by atoms with Crippen molar-refractivity contribution in [3.63, 3.8) is 0 Å². The Morgan fingerprint density at radius 3 is 2.38 bits per heavy atom. The van der Waals surface area contributed by atoms with Crippen LogP contribution in [0.2, 0.25) is 0 Å². The SMILES string of the molecule is CCOCC(C)NC1CCN(C(C)C)CC1. The van der Waals surface area contributed by atoms with Crippen LogP contribution in [0.25, 0.3) is 0 Å². The van der Waals surface area contributed by atoms with E-state index in [4.69, 9.17) is 4.74 Å². The van der Waals surface area contributed by atoms with Crippen LogP contribution in [0.1, 0.15) is 40.5 Å². The normalized spacial score (nSPS) is 21.6. The van der Waals surface area contributed by atoms with Crippen molar-refractivity contribution < 1.29 is 4.74 Å². The summed E-state index contributed by atoms with van der Waals surface area (Å²) in [5, 5.41) is 3.66. The van der Waals surface area contributed by atoms with Crippen LogP contribution in [0.15, 0.2) is 0 Å². The molecule has 3 nitrogen and oxygen atoms in total. The number of hydrogen-bond acceptors (Lipinski definition) is 3. The molecule has 1 aliphatic heterocycles. The molecule has 0 bridgehead atoms. The lowest BCUT2D eigenvalue weighted by atomic mass is 10.0. The van der Waals surface area contributed by atoms with Crippen molar-refractivity contribution in [3.8, 4) is 0 Å². The van der Waals surface area contributed by atoms with Crippen molar-refractivity contribution in [2.75, 3.05) is 26.3 Å². The summed E-state index contributed by atoms with van der Waals surface area (Å²) in [7, 11) is 0. The number of likely N-dealkylation sites (tertiary alicyclic amines) is 1. The highest BCUT2D eigenvalue weighted by molar-refractivity contribution is 4.80. The molecule has 3 heteroatoms. The average Bonchev–Trinajstić information content (AvgIpc) is 2.27. The number of piperidine rings is 1. The summed E-state index contributed by atoms with van der Waals surface area (Å²) < 4.78 is 5.42. The van der Waals surface area contributed by atoms with Gasteiger partial charge in [0.25, 0.3) is 0 Å². The van der Waals surface area contributed by atoms with Gasteiger partial charge in [-0.05, 0) is 53.6 Å².